The smallest absolute Gasteiger partial charge is 0.159 e. The van der Waals surface area contributed by atoms with Gasteiger partial charge in [-0.2, -0.15) is 0 Å². The van der Waals surface area contributed by atoms with Crippen LogP contribution in [-0.2, 0) is 0 Å². The fourth-order valence-electron chi connectivity index (χ4n) is 5.69. The van der Waals surface area contributed by atoms with Crippen LogP contribution in [0.5, 0.6) is 0 Å². The van der Waals surface area contributed by atoms with Crippen molar-refractivity contribution in [1.29, 1.82) is 0 Å². The Morgan fingerprint density at radius 3 is 1.72 bits per heavy atom. The molecule has 4 aromatic carbocycles. The Balaban J connectivity index is 1.15. The lowest BCUT2D eigenvalue weighted by Crippen LogP contribution is -1.95. The van der Waals surface area contributed by atoms with Gasteiger partial charge in [-0.3, -0.25) is 4.98 Å². The summed E-state index contributed by atoms with van der Waals surface area (Å²) in [6.07, 6.45) is 5.56. The second-order valence-electron chi connectivity index (χ2n) is 10.4. The number of aromatic nitrogens is 5. The minimum atomic E-state index is 0.680. The van der Waals surface area contributed by atoms with E-state index in [0.717, 1.165) is 45.0 Å². The van der Waals surface area contributed by atoms with E-state index in [-0.39, 0.29) is 0 Å². The molecule has 0 aliphatic carbocycles. The summed E-state index contributed by atoms with van der Waals surface area (Å²) in [6, 6.07) is 45.7. The van der Waals surface area contributed by atoms with E-state index in [2.05, 4.69) is 101 Å². The number of fused-ring (bicyclic) bond motifs is 3. The van der Waals surface area contributed by atoms with Gasteiger partial charge in [0.15, 0.2) is 5.82 Å². The van der Waals surface area contributed by atoms with Gasteiger partial charge in [-0.15, -0.1) is 0 Å². The fraction of sp³-hybridized carbons (Fsp3) is 0. The van der Waals surface area contributed by atoms with Crippen molar-refractivity contribution in [2.45, 2.75) is 0 Å². The lowest BCUT2D eigenvalue weighted by Gasteiger charge is -2.10. The van der Waals surface area contributed by atoms with E-state index in [4.69, 9.17) is 15.0 Å². The van der Waals surface area contributed by atoms with Crippen molar-refractivity contribution in [2.75, 3.05) is 0 Å². The zero-order valence-electron chi connectivity index (χ0n) is 23.2. The summed E-state index contributed by atoms with van der Waals surface area (Å²) in [5.74, 6) is 0.680. The monoisotopic (exact) mass is 551 g/mol. The van der Waals surface area contributed by atoms with Gasteiger partial charge in [-0.1, -0.05) is 72.8 Å². The van der Waals surface area contributed by atoms with Crippen molar-refractivity contribution in [3.05, 3.63) is 152 Å². The summed E-state index contributed by atoms with van der Waals surface area (Å²) < 4.78 is 2.31. The van der Waals surface area contributed by atoms with Crippen molar-refractivity contribution >= 4 is 21.8 Å². The number of benzene rings is 4. The molecule has 202 valence electrons. The van der Waals surface area contributed by atoms with Crippen LogP contribution >= 0.6 is 0 Å². The molecule has 5 nitrogen and oxygen atoms in total. The van der Waals surface area contributed by atoms with Crippen LogP contribution in [0.1, 0.15) is 0 Å². The van der Waals surface area contributed by atoms with Crippen LogP contribution in [0.15, 0.2) is 152 Å². The van der Waals surface area contributed by atoms with Crippen molar-refractivity contribution in [2.24, 2.45) is 0 Å². The van der Waals surface area contributed by atoms with Gasteiger partial charge in [0.05, 0.1) is 28.1 Å². The van der Waals surface area contributed by atoms with Crippen molar-refractivity contribution < 1.29 is 0 Å². The maximum Gasteiger partial charge on any atom is 0.159 e. The van der Waals surface area contributed by atoms with E-state index < -0.39 is 0 Å². The highest BCUT2D eigenvalue weighted by Gasteiger charge is 2.13. The van der Waals surface area contributed by atoms with Crippen LogP contribution in [0, 0.1) is 0 Å². The maximum atomic E-state index is 4.93. The van der Waals surface area contributed by atoms with E-state index in [1.165, 1.54) is 21.8 Å². The second-order valence-corrected chi connectivity index (χ2v) is 10.4. The van der Waals surface area contributed by atoms with Crippen molar-refractivity contribution in [3.8, 4) is 50.8 Å². The van der Waals surface area contributed by atoms with Gasteiger partial charge in [-0.25, -0.2) is 15.0 Å². The van der Waals surface area contributed by atoms with E-state index in [1.807, 2.05) is 54.9 Å². The zero-order valence-corrected chi connectivity index (χ0v) is 23.2. The molecule has 0 aliphatic rings. The van der Waals surface area contributed by atoms with E-state index in [9.17, 15) is 0 Å². The van der Waals surface area contributed by atoms with Gasteiger partial charge >= 0.3 is 0 Å². The predicted molar refractivity (Wildman–Crippen MR) is 174 cm³/mol. The molecule has 0 saturated heterocycles. The first kappa shape index (κ1) is 24.8. The molecule has 0 N–H and O–H groups in total. The average molecular weight is 552 g/mol. The summed E-state index contributed by atoms with van der Waals surface area (Å²) in [7, 11) is 0. The molecule has 0 unspecified atom stereocenters. The van der Waals surface area contributed by atoms with Gasteiger partial charge in [0, 0.05) is 51.7 Å². The van der Waals surface area contributed by atoms with Gasteiger partial charge in [0.2, 0.25) is 0 Å². The molecule has 43 heavy (non-hydrogen) atoms. The molecule has 4 aromatic heterocycles. The van der Waals surface area contributed by atoms with Crippen molar-refractivity contribution in [1.82, 2.24) is 24.5 Å². The third kappa shape index (κ3) is 4.53. The molecule has 0 saturated carbocycles. The standard InChI is InChI=1S/C38H25N5/c1-2-10-26(11-3-1)34-22-28(23-35(42-34)33-14-8-9-21-39-33)29-24-40-38(41-25-29)27-17-19-30(20-18-27)43-36-15-6-4-12-31(36)32-13-5-7-16-37(32)43/h1-25H. The van der Waals surface area contributed by atoms with Gasteiger partial charge in [0.1, 0.15) is 0 Å². The summed E-state index contributed by atoms with van der Waals surface area (Å²) in [5, 5.41) is 2.50. The number of hydrogen-bond acceptors (Lipinski definition) is 4. The molecule has 0 fully saturated rings. The maximum absolute atomic E-state index is 4.93. The third-order valence-electron chi connectivity index (χ3n) is 7.77. The average Bonchev–Trinajstić information content (AvgIpc) is 3.43. The minimum Gasteiger partial charge on any atom is -0.309 e. The van der Waals surface area contributed by atoms with E-state index >= 15 is 0 Å². The lowest BCUT2D eigenvalue weighted by atomic mass is 10.0. The highest BCUT2D eigenvalue weighted by Crippen LogP contribution is 2.33. The molecule has 0 spiro atoms. The quantitative estimate of drug-likeness (QED) is 0.214. The number of pyridine rings is 2. The Morgan fingerprint density at radius 1 is 0.419 bits per heavy atom. The number of rotatable bonds is 5. The molecule has 8 rings (SSSR count). The first-order valence-electron chi connectivity index (χ1n) is 14.2. The summed E-state index contributed by atoms with van der Waals surface area (Å²) >= 11 is 0. The first-order chi connectivity index (χ1) is 21.3. The molecule has 8 aromatic rings. The normalized spacial score (nSPS) is 11.3. The van der Waals surface area contributed by atoms with E-state index in [1.54, 1.807) is 6.20 Å². The summed E-state index contributed by atoms with van der Waals surface area (Å²) in [6.45, 7) is 0. The summed E-state index contributed by atoms with van der Waals surface area (Å²) in [5.41, 5.74) is 9.90. The number of hydrogen-bond donors (Lipinski definition) is 0. The van der Waals surface area contributed by atoms with Crippen LogP contribution in [0.2, 0.25) is 0 Å². The Labute approximate surface area is 248 Å². The fourth-order valence-corrected chi connectivity index (χ4v) is 5.69. The third-order valence-corrected chi connectivity index (χ3v) is 7.77. The molecular weight excluding hydrogens is 526 g/mol. The molecular formula is C38H25N5. The Bertz CT molecular complexity index is 2090. The highest BCUT2D eigenvalue weighted by molar-refractivity contribution is 6.09. The second kappa shape index (κ2) is 10.5. The minimum absolute atomic E-state index is 0.680. The van der Waals surface area contributed by atoms with Crippen LogP contribution in [0.25, 0.3) is 72.7 Å². The Hall–Kier alpha value is -5.94. The van der Waals surface area contributed by atoms with Crippen LogP contribution in [0.4, 0.5) is 0 Å². The van der Waals surface area contributed by atoms with Gasteiger partial charge in [-0.05, 0) is 66.2 Å². The highest BCUT2D eigenvalue weighted by atomic mass is 15.0. The number of para-hydroxylation sites is 2. The lowest BCUT2D eigenvalue weighted by molar-refractivity contribution is 1.16. The molecule has 0 aliphatic heterocycles. The van der Waals surface area contributed by atoms with Gasteiger partial charge in [0.25, 0.3) is 0 Å². The largest absolute Gasteiger partial charge is 0.309 e. The summed E-state index contributed by atoms with van der Waals surface area (Å²) in [4.78, 5) is 19.0. The molecule has 0 amide bonds. The molecule has 0 bridgehead atoms. The molecule has 0 atom stereocenters. The van der Waals surface area contributed by atoms with Crippen LogP contribution in [-0.4, -0.2) is 24.5 Å². The topological polar surface area (TPSA) is 56.5 Å². The number of nitrogens with zero attached hydrogens (tertiary/aromatic N) is 5. The van der Waals surface area contributed by atoms with Crippen molar-refractivity contribution in [3.63, 3.8) is 0 Å². The Kier molecular flexibility index (Phi) is 6.05. The van der Waals surface area contributed by atoms with E-state index in [0.29, 0.717) is 5.82 Å². The SMILES string of the molecule is c1ccc(-c2cc(-c3cnc(-c4ccc(-n5c6ccccc6c6ccccc65)cc4)nc3)cc(-c3ccccn3)n2)cc1. The molecule has 5 heteroatoms. The first-order valence-corrected chi connectivity index (χ1v) is 14.2. The van der Waals surface area contributed by atoms with Crippen LogP contribution in [0.3, 0.4) is 0 Å². The Morgan fingerprint density at radius 2 is 1.05 bits per heavy atom. The molecule has 0 radical (unpaired) electrons. The molecule has 4 heterocycles. The predicted octanol–water partition coefficient (Wildman–Crippen LogP) is 9.03. The zero-order chi connectivity index (χ0) is 28.6. The van der Waals surface area contributed by atoms with Crippen LogP contribution < -0.4 is 0 Å². The van der Waals surface area contributed by atoms with Gasteiger partial charge < -0.3 is 4.57 Å².